The first-order valence-corrected chi connectivity index (χ1v) is 7.24. The number of carbonyl (C=O) groups is 1. The smallest absolute Gasteiger partial charge is 0.255 e. The van der Waals surface area contributed by atoms with E-state index >= 15 is 0 Å². The molecule has 0 N–H and O–H groups in total. The lowest BCUT2D eigenvalue weighted by molar-refractivity contribution is 0.0784. The van der Waals surface area contributed by atoms with Crippen molar-refractivity contribution < 1.29 is 4.79 Å². The molecule has 6 heteroatoms. The summed E-state index contributed by atoms with van der Waals surface area (Å²) in [5, 5.41) is 4.10. The molecule has 1 amide bonds. The van der Waals surface area contributed by atoms with Crippen LogP contribution in [0.25, 0.3) is 0 Å². The fourth-order valence-electron chi connectivity index (χ4n) is 1.77. The number of benzene rings is 1. The van der Waals surface area contributed by atoms with Crippen LogP contribution >= 0.6 is 31.9 Å². The Balaban J connectivity index is 2.16. The lowest BCUT2D eigenvalue weighted by atomic mass is 10.2. The van der Waals surface area contributed by atoms with Gasteiger partial charge in [-0.05, 0) is 34.1 Å². The lowest BCUT2D eigenvalue weighted by Crippen LogP contribution is -2.26. The van der Waals surface area contributed by atoms with Crippen molar-refractivity contribution in [3.8, 4) is 0 Å². The van der Waals surface area contributed by atoms with E-state index in [9.17, 15) is 4.79 Å². The largest absolute Gasteiger partial charge is 0.337 e. The zero-order valence-corrected chi connectivity index (χ0v) is 13.8. The molecule has 100 valence electrons. The van der Waals surface area contributed by atoms with Crippen molar-refractivity contribution in [3.63, 3.8) is 0 Å². The quantitative estimate of drug-likeness (QED) is 0.812. The average Bonchev–Trinajstić information content (AvgIpc) is 2.77. The normalized spacial score (nSPS) is 10.5. The summed E-state index contributed by atoms with van der Waals surface area (Å²) in [6, 6.07) is 5.56. The molecule has 1 heterocycles. The minimum atomic E-state index is -0.0305. The summed E-state index contributed by atoms with van der Waals surface area (Å²) < 4.78 is 3.40. The summed E-state index contributed by atoms with van der Waals surface area (Å²) >= 11 is 6.78. The van der Waals surface area contributed by atoms with Gasteiger partial charge in [0.25, 0.3) is 5.91 Å². The standard InChI is InChI=1S/C13H13Br2N3O/c1-17(7-9-6-16-18(2)8-9)13(19)11-5-10(14)3-4-12(11)15/h3-6,8H,7H2,1-2H3. The van der Waals surface area contributed by atoms with Gasteiger partial charge < -0.3 is 4.90 Å². The molecular weight excluding hydrogens is 374 g/mol. The van der Waals surface area contributed by atoms with Crippen molar-refractivity contribution in [2.45, 2.75) is 6.54 Å². The molecule has 0 radical (unpaired) electrons. The molecule has 0 unspecified atom stereocenters. The van der Waals surface area contributed by atoms with Gasteiger partial charge in [0.1, 0.15) is 0 Å². The van der Waals surface area contributed by atoms with E-state index in [4.69, 9.17) is 0 Å². The minimum Gasteiger partial charge on any atom is -0.337 e. The van der Waals surface area contributed by atoms with Crippen molar-refractivity contribution in [1.82, 2.24) is 14.7 Å². The van der Waals surface area contributed by atoms with Gasteiger partial charge in [0.15, 0.2) is 0 Å². The van der Waals surface area contributed by atoms with Gasteiger partial charge in [0.2, 0.25) is 0 Å². The van der Waals surface area contributed by atoms with E-state index in [1.807, 2.05) is 31.4 Å². The third kappa shape index (κ3) is 3.45. The van der Waals surface area contributed by atoms with Gasteiger partial charge in [-0.15, -0.1) is 0 Å². The SMILES string of the molecule is CN(Cc1cnn(C)c1)C(=O)c1cc(Br)ccc1Br. The molecule has 0 aliphatic carbocycles. The molecule has 4 nitrogen and oxygen atoms in total. The predicted molar refractivity (Wildman–Crippen MR) is 80.8 cm³/mol. The number of rotatable bonds is 3. The molecule has 0 spiro atoms. The first-order valence-electron chi connectivity index (χ1n) is 5.65. The number of halogens is 2. The molecule has 0 saturated heterocycles. The Morgan fingerprint density at radius 3 is 2.79 bits per heavy atom. The summed E-state index contributed by atoms with van der Waals surface area (Å²) in [5.41, 5.74) is 1.64. The van der Waals surface area contributed by atoms with E-state index in [0.29, 0.717) is 12.1 Å². The molecule has 2 rings (SSSR count). The van der Waals surface area contributed by atoms with E-state index in [1.54, 1.807) is 22.8 Å². The maximum absolute atomic E-state index is 12.4. The number of amides is 1. The zero-order valence-electron chi connectivity index (χ0n) is 10.6. The van der Waals surface area contributed by atoms with Gasteiger partial charge in [0.05, 0.1) is 11.8 Å². The highest BCUT2D eigenvalue weighted by molar-refractivity contribution is 9.11. The van der Waals surface area contributed by atoms with Crippen molar-refractivity contribution in [2.75, 3.05) is 7.05 Å². The molecule has 1 aromatic carbocycles. The highest BCUT2D eigenvalue weighted by Gasteiger charge is 2.16. The topological polar surface area (TPSA) is 38.1 Å². The number of carbonyl (C=O) groups excluding carboxylic acids is 1. The predicted octanol–water partition coefficient (Wildman–Crippen LogP) is 3.22. The molecule has 0 aliphatic heterocycles. The fraction of sp³-hybridized carbons (Fsp3) is 0.231. The summed E-state index contributed by atoms with van der Waals surface area (Å²) in [7, 11) is 3.64. The van der Waals surface area contributed by atoms with Crippen LogP contribution in [0.4, 0.5) is 0 Å². The summed E-state index contributed by atoms with van der Waals surface area (Å²) in [4.78, 5) is 14.0. The third-order valence-electron chi connectivity index (χ3n) is 2.68. The van der Waals surface area contributed by atoms with Crippen LogP contribution in [-0.4, -0.2) is 27.6 Å². The monoisotopic (exact) mass is 385 g/mol. The van der Waals surface area contributed by atoms with Crippen molar-refractivity contribution in [3.05, 3.63) is 50.7 Å². The Morgan fingerprint density at radius 2 is 2.16 bits per heavy atom. The highest BCUT2D eigenvalue weighted by atomic mass is 79.9. The van der Waals surface area contributed by atoms with Gasteiger partial charge in [-0.2, -0.15) is 5.10 Å². The summed E-state index contributed by atoms with van der Waals surface area (Å²) in [6.45, 7) is 0.533. The van der Waals surface area contributed by atoms with E-state index in [0.717, 1.165) is 14.5 Å². The van der Waals surface area contributed by atoms with E-state index in [-0.39, 0.29) is 5.91 Å². The zero-order chi connectivity index (χ0) is 14.0. The molecule has 19 heavy (non-hydrogen) atoms. The van der Waals surface area contributed by atoms with Crippen LogP contribution in [-0.2, 0) is 13.6 Å². The van der Waals surface area contributed by atoms with Crippen LogP contribution in [0.1, 0.15) is 15.9 Å². The van der Waals surface area contributed by atoms with Gasteiger partial charge >= 0.3 is 0 Å². The van der Waals surface area contributed by atoms with Gasteiger partial charge in [-0.3, -0.25) is 9.48 Å². The number of aromatic nitrogens is 2. The van der Waals surface area contributed by atoms with Crippen molar-refractivity contribution >= 4 is 37.8 Å². The maximum atomic E-state index is 12.4. The fourth-order valence-corrected chi connectivity index (χ4v) is 2.54. The number of nitrogens with zero attached hydrogens (tertiary/aromatic N) is 3. The molecule has 0 atom stereocenters. The van der Waals surface area contributed by atoms with Crippen molar-refractivity contribution in [2.24, 2.45) is 7.05 Å². The van der Waals surface area contributed by atoms with E-state index in [2.05, 4.69) is 37.0 Å². The Hall–Kier alpha value is -1.14. The molecule has 0 fully saturated rings. The molecular formula is C13H13Br2N3O. The van der Waals surface area contributed by atoms with Gasteiger partial charge in [0, 0.05) is 41.3 Å². The van der Waals surface area contributed by atoms with Crippen LogP contribution < -0.4 is 0 Å². The highest BCUT2D eigenvalue weighted by Crippen LogP contribution is 2.23. The van der Waals surface area contributed by atoms with Gasteiger partial charge in [-0.25, -0.2) is 0 Å². The second-order valence-corrected chi connectivity index (χ2v) is 6.08. The van der Waals surface area contributed by atoms with Crippen LogP contribution in [0.2, 0.25) is 0 Å². The number of hydrogen-bond acceptors (Lipinski definition) is 2. The minimum absolute atomic E-state index is 0.0305. The Kier molecular flexibility index (Phi) is 4.42. The van der Waals surface area contributed by atoms with Crippen molar-refractivity contribution in [1.29, 1.82) is 0 Å². The number of aryl methyl sites for hydroxylation is 1. The van der Waals surface area contributed by atoms with E-state index in [1.165, 1.54) is 0 Å². The lowest BCUT2D eigenvalue weighted by Gasteiger charge is -2.17. The Labute approximate surface area is 128 Å². The Bertz CT molecular complexity index is 610. The molecule has 1 aromatic heterocycles. The first-order chi connectivity index (χ1) is 8.97. The second kappa shape index (κ2) is 5.88. The molecule has 0 bridgehead atoms. The van der Waals surface area contributed by atoms with Crippen LogP contribution in [0.5, 0.6) is 0 Å². The molecule has 0 aliphatic rings. The summed E-state index contributed by atoms with van der Waals surface area (Å²) in [6.07, 6.45) is 3.67. The second-order valence-electron chi connectivity index (χ2n) is 4.31. The van der Waals surface area contributed by atoms with E-state index < -0.39 is 0 Å². The molecule has 0 saturated carbocycles. The average molecular weight is 387 g/mol. The Morgan fingerprint density at radius 1 is 1.42 bits per heavy atom. The van der Waals surface area contributed by atoms with Crippen LogP contribution in [0.15, 0.2) is 39.5 Å². The molecule has 2 aromatic rings. The third-order valence-corrected chi connectivity index (χ3v) is 3.87. The van der Waals surface area contributed by atoms with Crippen LogP contribution in [0, 0.1) is 0 Å². The summed E-state index contributed by atoms with van der Waals surface area (Å²) in [5.74, 6) is -0.0305. The maximum Gasteiger partial charge on any atom is 0.255 e. The van der Waals surface area contributed by atoms with Crippen LogP contribution in [0.3, 0.4) is 0 Å². The number of hydrogen-bond donors (Lipinski definition) is 0. The van der Waals surface area contributed by atoms with Gasteiger partial charge in [-0.1, -0.05) is 15.9 Å². The first kappa shape index (κ1) is 14.3.